The summed E-state index contributed by atoms with van der Waals surface area (Å²) in [4.78, 5) is 28.1. The van der Waals surface area contributed by atoms with Gasteiger partial charge in [0.15, 0.2) is 0 Å². The Kier molecular flexibility index (Phi) is 5.73. The van der Waals surface area contributed by atoms with Gasteiger partial charge in [-0.15, -0.1) is 0 Å². The van der Waals surface area contributed by atoms with Gasteiger partial charge in [0.25, 0.3) is 0 Å². The third-order valence-corrected chi connectivity index (χ3v) is 6.56. The minimum absolute atomic E-state index is 0.0116. The Morgan fingerprint density at radius 1 is 1.10 bits per heavy atom. The van der Waals surface area contributed by atoms with Gasteiger partial charge in [-0.2, -0.15) is 0 Å². The quantitative estimate of drug-likeness (QED) is 0.766. The molecule has 0 aliphatic carbocycles. The Hall–Kier alpha value is -2.90. The third kappa shape index (κ3) is 3.38. The smallest absolute Gasteiger partial charge is 0.249 e. The van der Waals surface area contributed by atoms with E-state index in [2.05, 4.69) is 0 Å². The van der Waals surface area contributed by atoms with Crippen LogP contribution in [0.4, 0.5) is 0 Å². The summed E-state index contributed by atoms with van der Waals surface area (Å²) in [5.41, 5.74) is 2.58. The van der Waals surface area contributed by atoms with E-state index in [1.807, 2.05) is 48.5 Å². The molecule has 2 aliphatic rings. The van der Waals surface area contributed by atoms with Crippen LogP contribution in [0, 0.1) is 0 Å². The number of carbonyl (C=O) groups is 2. The number of hydrogen-bond donors (Lipinski definition) is 1. The average Bonchev–Trinajstić information content (AvgIpc) is 2.72. The van der Waals surface area contributed by atoms with Crippen molar-refractivity contribution in [1.82, 2.24) is 9.80 Å². The van der Waals surface area contributed by atoms with Crippen LogP contribution in [0.2, 0.25) is 0 Å². The van der Waals surface area contributed by atoms with Crippen molar-refractivity contribution in [3.05, 3.63) is 54.1 Å². The van der Waals surface area contributed by atoms with Gasteiger partial charge in [0, 0.05) is 38.6 Å². The summed E-state index contributed by atoms with van der Waals surface area (Å²) in [5, 5.41) is 10.1. The van der Waals surface area contributed by atoms with Crippen LogP contribution in [0.25, 0.3) is 11.1 Å². The highest BCUT2D eigenvalue weighted by Gasteiger charge is 2.67. The van der Waals surface area contributed by atoms with Crippen molar-refractivity contribution in [3.8, 4) is 16.9 Å². The van der Waals surface area contributed by atoms with E-state index >= 15 is 0 Å². The molecule has 0 aromatic heterocycles. The maximum atomic E-state index is 12.7. The molecule has 7 nitrogen and oxygen atoms in total. The number of benzene rings is 2. The van der Waals surface area contributed by atoms with Gasteiger partial charge >= 0.3 is 0 Å². The first-order valence-corrected chi connectivity index (χ1v) is 10.4. The summed E-state index contributed by atoms with van der Waals surface area (Å²) in [6.07, 6.45) is 0. The summed E-state index contributed by atoms with van der Waals surface area (Å²) in [7, 11) is 3.13. The number of methoxy groups -OCH3 is 2. The normalized spacial score (nSPS) is 21.4. The molecule has 0 radical (unpaired) electrons. The summed E-state index contributed by atoms with van der Waals surface area (Å²) >= 11 is 0. The van der Waals surface area contributed by atoms with Crippen molar-refractivity contribution in [2.75, 3.05) is 40.5 Å². The van der Waals surface area contributed by atoms with Crippen molar-refractivity contribution in [3.63, 3.8) is 0 Å². The molecule has 0 bridgehead atoms. The zero-order chi connectivity index (χ0) is 22.2. The van der Waals surface area contributed by atoms with Gasteiger partial charge in [-0.1, -0.05) is 42.5 Å². The molecular weight excluding hydrogens is 396 g/mol. The van der Waals surface area contributed by atoms with Crippen LogP contribution in [0.15, 0.2) is 48.5 Å². The Bertz CT molecular complexity index is 968. The van der Waals surface area contributed by atoms with Crippen LogP contribution >= 0.6 is 0 Å². The zero-order valence-electron chi connectivity index (χ0n) is 18.1. The van der Waals surface area contributed by atoms with Gasteiger partial charge in [-0.25, -0.2) is 0 Å². The van der Waals surface area contributed by atoms with Gasteiger partial charge in [-0.05, 0) is 17.2 Å². The number of para-hydroxylation sites is 1. The minimum atomic E-state index is -0.499. The van der Waals surface area contributed by atoms with E-state index in [9.17, 15) is 14.7 Å². The lowest BCUT2D eigenvalue weighted by Gasteiger charge is -2.70. The van der Waals surface area contributed by atoms with Crippen molar-refractivity contribution in [2.24, 2.45) is 0 Å². The highest BCUT2D eigenvalue weighted by Crippen LogP contribution is 2.54. The van der Waals surface area contributed by atoms with Crippen LogP contribution in [-0.2, 0) is 14.3 Å². The third-order valence-electron chi connectivity index (χ3n) is 6.56. The van der Waals surface area contributed by atoms with E-state index in [4.69, 9.17) is 9.47 Å². The molecular formula is C24H28N2O5. The predicted molar refractivity (Wildman–Crippen MR) is 116 cm³/mol. The molecule has 2 heterocycles. The van der Waals surface area contributed by atoms with Gasteiger partial charge in [0.05, 0.1) is 25.3 Å². The number of nitrogens with zero attached hydrogens (tertiary/aromatic N) is 2. The lowest BCUT2D eigenvalue weighted by atomic mass is 9.60. The summed E-state index contributed by atoms with van der Waals surface area (Å²) in [6.45, 7) is 2.28. The second-order valence-corrected chi connectivity index (χ2v) is 8.23. The van der Waals surface area contributed by atoms with E-state index in [0.717, 1.165) is 22.4 Å². The molecule has 1 N–H and O–H groups in total. The molecule has 0 unspecified atom stereocenters. The maximum Gasteiger partial charge on any atom is 0.249 e. The SMILES string of the molecule is COCC(=O)N1[C@H](CO)[C@H](c2ccc(-c3ccccc3OC)cc2)C12CN(C(C)=O)C2. The molecule has 0 saturated carbocycles. The van der Waals surface area contributed by atoms with E-state index in [1.54, 1.807) is 16.9 Å². The molecule has 2 amide bonds. The summed E-state index contributed by atoms with van der Waals surface area (Å²) < 4.78 is 10.5. The lowest BCUT2D eigenvalue weighted by Crippen LogP contribution is -2.86. The fraction of sp³-hybridized carbons (Fsp3) is 0.417. The first kappa shape index (κ1) is 21.3. The molecule has 4 rings (SSSR count). The highest BCUT2D eigenvalue weighted by atomic mass is 16.5. The Morgan fingerprint density at radius 3 is 2.35 bits per heavy atom. The molecule has 2 atom stereocenters. The topological polar surface area (TPSA) is 79.3 Å². The molecule has 31 heavy (non-hydrogen) atoms. The molecule has 2 aliphatic heterocycles. The Labute approximate surface area is 182 Å². The van der Waals surface area contributed by atoms with Crippen molar-refractivity contribution in [1.29, 1.82) is 0 Å². The van der Waals surface area contributed by atoms with E-state index in [0.29, 0.717) is 13.1 Å². The molecule has 164 valence electrons. The molecule has 1 spiro atoms. The first-order valence-electron chi connectivity index (χ1n) is 10.4. The second-order valence-electron chi connectivity index (χ2n) is 8.23. The maximum absolute atomic E-state index is 12.7. The zero-order valence-corrected chi connectivity index (χ0v) is 18.1. The van der Waals surface area contributed by atoms with Crippen LogP contribution in [0.1, 0.15) is 18.4 Å². The lowest BCUT2D eigenvalue weighted by molar-refractivity contribution is -0.204. The van der Waals surface area contributed by atoms with Crippen molar-refractivity contribution >= 4 is 11.8 Å². The second kappa shape index (κ2) is 8.32. The number of amides is 2. The van der Waals surface area contributed by atoms with Gasteiger partial charge < -0.3 is 24.4 Å². The number of rotatable bonds is 6. The number of likely N-dealkylation sites (tertiary alicyclic amines) is 2. The number of ether oxygens (including phenoxy) is 2. The predicted octanol–water partition coefficient (Wildman–Crippen LogP) is 1.90. The summed E-state index contributed by atoms with van der Waals surface area (Å²) in [6, 6.07) is 15.7. The summed E-state index contributed by atoms with van der Waals surface area (Å²) in [5.74, 6) is 0.575. The number of carbonyl (C=O) groups excluding carboxylic acids is 2. The van der Waals surface area contributed by atoms with Gasteiger partial charge in [0.2, 0.25) is 11.8 Å². The fourth-order valence-electron chi connectivity index (χ4n) is 5.19. The largest absolute Gasteiger partial charge is 0.496 e. The monoisotopic (exact) mass is 424 g/mol. The van der Waals surface area contributed by atoms with E-state index < -0.39 is 5.54 Å². The fourth-order valence-corrected chi connectivity index (χ4v) is 5.19. The van der Waals surface area contributed by atoms with Crippen molar-refractivity contribution in [2.45, 2.75) is 24.4 Å². The Balaban J connectivity index is 1.65. The van der Waals surface area contributed by atoms with Crippen LogP contribution in [0.5, 0.6) is 5.75 Å². The highest BCUT2D eigenvalue weighted by molar-refractivity contribution is 5.83. The molecule has 2 aromatic rings. The Morgan fingerprint density at radius 2 is 1.77 bits per heavy atom. The molecule has 7 heteroatoms. The molecule has 2 saturated heterocycles. The van der Waals surface area contributed by atoms with Crippen LogP contribution < -0.4 is 4.74 Å². The standard InChI is InChI=1S/C24H28N2O5/c1-16(28)25-14-24(15-25)23(20(12-27)26(24)22(29)13-30-2)18-10-8-17(9-11-18)19-6-4-5-7-21(19)31-3/h4-11,20,23,27H,12-15H2,1-3H3/t20-,23+/m1/s1. The van der Waals surface area contributed by atoms with Crippen molar-refractivity contribution < 1.29 is 24.2 Å². The minimum Gasteiger partial charge on any atom is -0.496 e. The number of aliphatic hydroxyl groups is 1. The first-order chi connectivity index (χ1) is 15.0. The van der Waals surface area contributed by atoms with Crippen LogP contribution in [-0.4, -0.2) is 78.8 Å². The average molecular weight is 424 g/mol. The van der Waals surface area contributed by atoms with Crippen LogP contribution in [0.3, 0.4) is 0 Å². The number of aliphatic hydroxyl groups excluding tert-OH is 1. The van der Waals surface area contributed by atoms with E-state index in [-0.39, 0.29) is 37.0 Å². The molecule has 2 fully saturated rings. The van der Waals surface area contributed by atoms with Gasteiger partial charge in [-0.3, -0.25) is 9.59 Å². The van der Waals surface area contributed by atoms with E-state index in [1.165, 1.54) is 14.0 Å². The molecule has 2 aromatic carbocycles. The number of hydrogen-bond acceptors (Lipinski definition) is 5. The van der Waals surface area contributed by atoms with Gasteiger partial charge in [0.1, 0.15) is 12.4 Å².